The molecule has 1 saturated heterocycles. The Balaban J connectivity index is 1.62. The minimum atomic E-state index is -0.392. The van der Waals surface area contributed by atoms with Crippen LogP contribution in [0.1, 0.15) is 29.6 Å². The summed E-state index contributed by atoms with van der Waals surface area (Å²) in [4.78, 5) is 40.7. The molecule has 3 aromatic rings. The Hall–Kier alpha value is -3.81. The van der Waals surface area contributed by atoms with Crippen molar-refractivity contribution in [3.8, 4) is 11.5 Å². The predicted molar refractivity (Wildman–Crippen MR) is 126 cm³/mol. The van der Waals surface area contributed by atoms with E-state index in [0.717, 1.165) is 19.3 Å². The molecule has 2 amide bonds. The third-order valence-corrected chi connectivity index (χ3v) is 5.86. The molecule has 1 N–H and O–H groups in total. The second-order valence-corrected chi connectivity index (χ2v) is 7.97. The minimum Gasteiger partial charge on any atom is -0.493 e. The van der Waals surface area contributed by atoms with Gasteiger partial charge in [0.15, 0.2) is 11.5 Å². The van der Waals surface area contributed by atoms with Crippen molar-refractivity contribution in [2.24, 2.45) is 0 Å². The van der Waals surface area contributed by atoms with Crippen LogP contribution in [0.4, 0.5) is 5.69 Å². The van der Waals surface area contributed by atoms with Crippen LogP contribution in [0.15, 0.2) is 53.3 Å². The molecule has 0 unspecified atom stereocenters. The molecule has 1 aromatic heterocycles. The van der Waals surface area contributed by atoms with Gasteiger partial charge in [-0.3, -0.25) is 19.0 Å². The number of para-hydroxylation sites is 1. The van der Waals surface area contributed by atoms with Crippen LogP contribution in [0.2, 0.25) is 0 Å². The number of amides is 2. The molecule has 4 rings (SSSR count). The van der Waals surface area contributed by atoms with E-state index in [4.69, 9.17) is 9.47 Å². The summed E-state index contributed by atoms with van der Waals surface area (Å²) in [5, 5.41) is 3.45. The van der Waals surface area contributed by atoms with Gasteiger partial charge in [0.25, 0.3) is 11.5 Å². The molecular weight excluding hydrogens is 422 g/mol. The molecule has 1 aliphatic heterocycles. The summed E-state index contributed by atoms with van der Waals surface area (Å²) >= 11 is 0. The second-order valence-electron chi connectivity index (χ2n) is 7.97. The van der Waals surface area contributed by atoms with Crippen LogP contribution in [0, 0.1) is 0 Å². The van der Waals surface area contributed by atoms with Crippen LogP contribution in [0.3, 0.4) is 0 Å². The van der Waals surface area contributed by atoms with Crippen molar-refractivity contribution >= 4 is 28.4 Å². The Morgan fingerprint density at radius 1 is 0.939 bits per heavy atom. The van der Waals surface area contributed by atoms with E-state index in [0.29, 0.717) is 46.7 Å². The zero-order valence-corrected chi connectivity index (χ0v) is 18.8. The van der Waals surface area contributed by atoms with Gasteiger partial charge in [-0.1, -0.05) is 18.2 Å². The fourth-order valence-electron chi connectivity index (χ4n) is 4.20. The van der Waals surface area contributed by atoms with Crippen molar-refractivity contribution in [2.45, 2.75) is 25.8 Å². The van der Waals surface area contributed by atoms with Crippen molar-refractivity contribution in [3.05, 3.63) is 64.4 Å². The predicted octanol–water partition coefficient (Wildman–Crippen LogP) is 3.28. The maximum atomic E-state index is 13.1. The standard InChI is InChI=1S/C25H27N3O5/c1-32-21-11-10-17(14-22(21)33-2)26-23(29)16-28-20-9-5-4-8-18(20)19(15-24(28)30)25(31)27-12-6-3-7-13-27/h4-5,8-11,14-15H,3,6-7,12-13,16H2,1-2H3,(H,26,29). The Morgan fingerprint density at radius 2 is 1.67 bits per heavy atom. The first kappa shape index (κ1) is 22.4. The smallest absolute Gasteiger partial charge is 0.254 e. The number of hydrogen-bond donors (Lipinski definition) is 1. The maximum Gasteiger partial charge on any atom is 0.254 e. The number of piperidine rings is 1. The molecule has 1 aliphatic rings. The number of hydrogen-bond acceptors (Lipinski definition) is 5. The number of benzene rings is 2. The molecule has 0 saturated carbocycles. The monoisotopic (exact) mass is 449 g/mol. The fourth-order valence-corrected chi connectivity index (χ4v) is 4.20. The summed E-state index contributed by atoms with van der Waals surface area (Å²) < 4.78 is 11.9. The molecule has 172 valence electrons. The topological polar surface area (TPSA) is 89.9 Å². The molecule has 8 heteroatoms. The van der Waals surface area contributed by atoms with Gasteiger partial charge in [0.1, 0.15) is 6.54 Å². The first-order valence-electron chi connectivity index (χ1n) is 11.0. The lowest BCUT2D eigenvalue weighted by Crippen LogP contribution is -2.37. The average Bonchev–Trinajstić information content (AvgIpc) is 2.85. The van der Waals surface area contributed by atoms with Gasteiger partial charge in [0.05, 0.1) is 25.3 Å². The zero-order valence-electron chi connectivity index (χ0n) is 18.8. The lowest BCUT2D eigenvalue weighted by atomic mass is 10.0. The van der Waals surface area contributed by atoms with Crippen LogP contribution in [-0.2, 0) is 11.3 Å². The van der Waals surface area contributed by atoms with Crippen LogP contribution in [0.25, 0.3) is 10.9 Å². The van der Waals surface area contributed by atoms with E-state index in [1.54, 1.807) is 35.2 Å². The highest BCUT2D eigenvalue weighted by Gasteiger charge is 2.22. The molecule has 0 radical (unpaired) electrons. The number of methoxy groups -OCH3 is 2. The summed E-state index contributed by atoms with van der Waals surface area (Å²) in [6.45, 7) is 1.21. The number of nitrogens with zero attached hydrogens (tertiary/aromatic N) is 2. The molecule has 0 aliphatic carbocycles. The van der Waals surface area contributed by atoms with E-state index in [1.807, 2.05) is 12.1 Å². The van der Waals surface area contributed by atoms with Gasteiger partial charge in [-0.2, -0.15) is 0 Å². The van der Waals surface area contributed by atoms with E-state index in [9.17, 15) is 14.4 Å². The SMILES string of the molecule is COc1ccc(NC(=O)Cn2c(=O)cc(C(=O)N3CCCCC3)c3ccccc32)cc1OC. The van der Waals surface area contributed by atoms with E-state index >= 15 is 0 Å². The van der Waals surface area contributed by atoms with Crippen LogP contribution < -0.4 is 20.3 Å². The second kappa shape index (κ2) is 9.77. The first-order chi connectivity index (χ1) is 16.0. The molecule has 2 aromatic carbocycles. The molecular formula is C25H27N3O5. The molecule has 0 spiro atoms. The van der Waals surface area contributed by atoms with E-state index in [1.165, 1.54) is 24.9 Å². The number of likely N-dealkylation sites (tertiary alicyclic amines) is 1. The van der Waals surface area contributed by atoms with E-state index < -0.39 is 5.56 Å². The summed E-state index contributed by atoms with van der Waals surface area (Å²) in [6, 6.07) is 13.6. The van der Waals surface area contributed by atoms with Gasteiger partial charge in [-0.05, 0) is 37.5 Å². The van der Waals surface area contributed by atoms with Gasteiger partial charge in [0.2, 0.25) is 5.91 Å². The molecule has 0 atom stereocenters. The van der Waals surface area contributed by atoms with Crippen LogP contribution in [-0.4, -0.2) is 48.6 Å². The summed E-state index contributed by atoms with van der Waals surface area (Å²) in [6.07, 6.45) is 3.05. The molecule has 33 heavy (non-hydrogen) atoms. The number of carbonyl (C=O) groups is 2. The Morgan fingerprint density at radius 3 is 2.39 bits per heavy atom. The summed E-state index contributed by atoms with van der Waals surface area (Å²) in [5.74, 6) is 0.527. The number of anilines is 1. The van der Waals surface area contributed by atoms with Gasteiger partial charge >= 0.3 is 0 Å². The Labute approximate surface area is 191 Å². The summed E-state index contributed by atoms with van der Waals surface area (Å²) in [5.41, 5.74) is 1.06. The number of aromatic nitrogens is 1. The van der Waals surface area contributed by atoms with E-state index in [2.05, 4.69) is 5.32 Å². The highest BCUT2D eigenvalue weighted by molar-refractivity contribution is 6.06. The van der Waals surface area contributed by atoms with Gasteiger partial charge in [-0.25, -0.2) is 0 Å². The number of rotatable bonds is 6. The quantitative estimate of drug-likeness (QED) is 0.624. The first-order valence-corrected chi connectivity index (χ1v) is 11.0. The van der Waals surface area contributed by atoms with Gasteiger partial charge < -0.3 is 19.7 Å². The third-order valence-electron chi connectivity index (χ3n) is 5.86. The highest BCUT2D eigenvalue weighted by Crippen LogP contribution is 2.29. The maximum absolute atomic E-state index is 13.1. The molecule has 0 bridgehead atoms. The van der Waals surface area contributed by atoms with Crippen LogP contribution >= 0.6 is 0 Å². The normalized spacial score (nSPS) is 13.6. The lowest BCUT2D eigenvalue weighted by Gasteiger charge is -2.27. The van der Waals surface area contributed by atoms with Crippen LogP contribution in [0.5, 0.6) is 11.5 Å². The van der Waals surface area contributed by atoms with Crippen molar-refractivity contribution in [2.75, 3.05) is 32.6 Å². The van der Waals surface area contributed by atoms with Gasteiger partial charge in [0, 0.05) is 36.3 Å². The lowest BCUT2D eigenvalue weighted by molar-refractivity contribution is -0.116. The molecule has 1 fully saturated rings. The van der Waals surface area contributed by atoms with E-state index in [-0.39, 0.29) is 18.4 Å². The zero-order chi connectivity index (χ0) is 23.4. The molecule has 2 heterocycles. The van der Waals surface area contributed by atoms with Crippen molar-refractivity contribution in [3.63, 3.8) is 0 Å². The van der Waals surface area contributed by atoms with Crippen molar-refractivity contribution in [1.29, 1.82) is 0 Å². The number of ether oxygens (including phenoxy) is 2. The summed E-state index contributed by atoms with van der Waals surface area (Å²) in [7, 11) is 3.05. The minimum absolute atomic E-state index is 0.134. The number of carbonyl (C=O) groups excluding carboxylic acids is 2. The third kappa shape index (κ3) is 4.69. The Bertz CT molecular complexity index is 1240. The highest BCUT2D eigenvalue weighted by atomic mass is 16.5. The largest absolute Gasteiger partial charge is 0.493 e. The number of nitrogens with one attached hydrogen (secondary N) is 1. The van der Waals surface area contributed by atoms with Gasteiger partial charge in [-0.15, -0.1) is 0 Å². The average molecular weight is 450 g/mol. The molecule has 8 nitrogen and oxygen atoms in total. The van der Waals surface area contributed by atoms with Crippen molar-refractivity contribution in [1.82, 2.24) is 9.47 Å². The van der Waals surface area contributed by atoms with Crippen molar-refractivity contribution < 1.29 is 19.1 Å². The fraction of sp³-hybridized carbons (Fsp3) is 0.320. The number of fused-ring (bicyclic) bond motifs is 1. The number of pyridine rings is 1. The Kier molecular flexibility index (Phi) is 6.63.